The van der Waals surface area contributed by atoms with Crippen LogP contribution in [0.25, 0.3) is 10.9 Å². The van der Waals surface area contributed by atoms with E-state index in [2.05, 4.69) is 51.0 Å². The van der Waals surface area contributed by atoms with Crippen LogP contribution in [0.4, 0.5) is 5.69 Å². The van der Waals surface area contributed by atoms with E-state index in [1.165, 1.54) is 62.2 Å². The second-order valence-electron chi connectivity index (χ2n) is 7.25. The first-order valence-corrected chi connectivity index (χ1v) is 9.01. The Balaban J connectivity index is 1.35. The summed E-state index contributed by atoms with van der Waals surface area (Å²) in [6.07, 6.45) is 4.79. The minimum atomic E-state index is 0.908. The second kappa shape index (κ2) is 6.54. The van der Waals surface area contributed by atoms with E-state index in [-0.39, 0.29) is 0 Å². The summed E-state index contributed by atoms with van der Waals surface area (Å²) in [7, 11) is 2.25. The Hall–Kier alpha value is -1.52. The molecule has 2 fully saturated rings. The lowest BCUT2D eigenvalue weighted by Gasteiger charge is -2.39. The predicted octanol–water partition coefficient (Wildman–Crippen LogP) is 2.63. The highest BCUT2D eigenvalue weighted by molar-refractivity contribution is 5.92. The quantitative estimate of drug-likeness (QED) is 0.943. The van der Waals surface area contributed by atoms with Gasteiger partial charge in [0.25, 0.3) is 0 Å². The number of nitrogens with one attached hydrogen (secondary N) is 1. The number of likely N-dealkylation sites (tertiary alicyclic amines) is 1. The molecule has 2 saturated heterocycles. The molecular weight excluding hydrogens is 284 g/mol. The first-order valence-electron chi connectivity index (χ1n) is 9.01. The largest absolute Gasteiger partial charge is 0.368 e. The van der Waals surface area contributed by atoms with Crippen molar-refractivity contribution in [3.63, 3.8) is 0 Å². The third-order valence-corrected chi connectivity index (χ3v) is 5.64. The van der Waals surface area contributed by atoms with Crippen molar-refractivity contribution < 1.29 is 0 Å². The zero-order chi connectivity index (χ0) is 15.6. The summed E-state index contributed by atoms with van der Waals surface area (Å²) >= 11 is 0. The molecule has 1 N–H and O–H groups in total. The summed E-state index contributed by atoms with van der Waals surface area (Å²) < 4.78 is 0. The van der Waals surface area contributed by atoms with Crippen LogP contribution in [0.1, 0.15) is 12.8 Å². The summed E-state index contributed by atoms with van der Waals surface area (Å²) in [6, 6.07) is 8.80. The molecule has 0 unspecified atom stereocenters. The Morgan fingerprint density at radius 2 is 1.78 bits per heavy atom. The van der Waals surface area contributed by atoms with Gasteiger partial charge in [0.2, 0.25) is 0 Å². The van der Waals surface area contributed by atoms with E-state index >= 15 is 0 Å². The summed E-state index contributed by atoms with van der Waals surface area (Å²) in [5, 5.41) is 1.36. The standard InChI is InChI=1S/C19H28N4/c1-21-9-6-16(7-10-21)15-22-11-13-23(14-12-22)19-4-2-3-18-17(19)5-8-20-18/h2-5,8,16,20H,6-7,9-15H2,1H3. The average molecular weight is 312 g/mol. The van der Waals surface area contributed by atoms with Gasteiger partial charge in [-0.15, -0.1) is 0 Å². The fourth-order valence-electron chi connectivity index (χ4n) is 4.13. The van der Waals surface area contributed by atoms with Crippen molar-refractivity contribution in [2.24, 2.45) is 5.92 Å². The zero-order valence-electron chi connectivity index (χ0n) is 14.2. The van der Waals surface area contributed by atoms with Gasteiger partial charge in [-0.25, -0.2) is 0 Å². The van der Waals surface area contributed by atoms with Gasteiger partial charge in [0, 0.05) is 55.5 Å². The number of hydrogen-bond acceptors (Lipinski definition) is 3. The molecule has 2 aliphatic heterocycles. The normalized spacial score (nSPS) is 22.0. The van der Waals surface area contributed by atoms with E-state index in [1.807, 2.05) is 6.20 Å². The molecule has 1 aromatic heterocycles. The van der Waals surface area contributed by atoms with Gasteiger partial charge in [0.15, 0.2) is 0 Å². The molecule has 0 saturated carbocycles. The van der Waals surface area contributed by atoms with Crippen molar-refractivity contribution in [3.05, 3.63) is 30.5 Å². The van der Waals surface area contributed by atoms with Crippen molar-refractivity contribution >= 4 is 16.6 Å². The lowest BCUT2D eigenvalue weighted by Crippen LogP contribution is -2.48. The van der Waals surface area contributed by atoms with Crippen LogP contribution in [0, 0.1) is 5.92 Å². The van der Waals surface area contributed by atoms with Crippen LogP contribution in [0.3, 0.4) is 0 Å². The van der Waals surface area contributed by atoms with Crippen LogP contribution in [0.5, 0.6) is 0 Å². The maximum Gasteiger partial charge on any atom is 0.0474 e. The first kappa shape index (κ1) is 15.0. The molecular formula is C19H28N4. The summed E-state index contributed by atoms with van der Waals surface area (Å²) in [5.41, 5.74) is 2.64. The number of aromatic nitrogens is 1. The fourth-order valence-corrected chi connectivity index (χ4v) is 4.13. The minimum absolute atomic E-state index is 0.908. The van der Waals surface area contributed by atoms with Crippen LogP contribution in [0.2, 0.25) is 0 Å². The molecule has 2 aliphatic rings. The number of anilines is 1. The van der Waals surface area contributed by atoms with E-state index in [0.29, 0.717) is 0 Å². The Morgan fingerprint density at radius 1 is 1.00 bits per heavy atom. The zero-order valence-corrected chi connectivity index (χ0v) is 14.2. The SMILES string of the molecule is CN1CCC(CN2CCN(c3cccc4[nH]ccc34)CC2)CC1. The Bertz CT molecular complexity index is 634. The summed E-state index contributed by atoms with van der Waals surface area (Å²) in [6.45, 7) is 8.56. The van der Waals surface area contributed by atoms with Crippen LogP contribution in [0.15, 0.2) is 30.5 Å². The topological polar surface area (TPSA) is 25.5 Å². The molecule has 0 bridgehead atoms. The summed E-state index contributed by atoms with van der Waals surface area (Å²) in [4.78, 5) is 11.0. The molecule has 4 heteroatoms. The van der Waals surface area contributed by atoms with E-state index in [9.17, 15) is 0 Å². The maximum absolute atomic E-state index is 3.32. The number of piperazine rings is 1. The van der Waals surface area contributed by atoms with Crippen LogP contribution in [-0.2, 0) is 0 Å². The van der Waals surface area contributed by atoms with Crippen LogP contribution >= 0.6 is 0 Å². The van der Waals surface area contributed by atoms with Gasteiger partial charge in [-0.2, -0.15) is 0 Å². The molecule has 0 amide bonds. The summed E-state index contributed by atoms with van der Waals surface area (Å²) in [5.74, 6) is 0.908. The Labute approximate surface area is 139 Å². The molecule has 2 aromatic rings. The molecule has 4 rings (SSSR count). The van der Waals surface area contributed by atoms with Crippen molar-refractivity contribution in [2.75, 3.05) is 57.8 Å². The van der Waals surface area contributed by atoms with Gasteiger partial charge >= 0.3 is 0 Å². The molecule has 124 valence electrons. The molecule has 23 heavy (non-hydrogen) atoms. The molecule has 0 atom stereocenters. The number of H-pyrrole nitrogens is 1. The van der Waals surface area contributed by atoms with Gasteiger partial charge in [0.1, 0.15) is 0 Å². The van der Waals surface area contributed by atoms with E-state index in [4.69, 9.17) is 0 Å². The number of benzene rings is 1. The Kier molecular flexibility index (Phi) is 4.27. The smallest absolute Gasteiger partial charge is 0.0474 e. The minimum Gasteiger partial charge on any atom is -0.368 e. The van der Waals surface area contributed by atoms with E-state index in [1.54, 1.807) is 0 Å². The monoisotopic (exact) mass is 312 g/mol. The molecule has 0 aliphatic carbocycles. The number of fused-ring (bicyclic) bond motifs is 1. The van der Waals surface area contributed by atoms with E-state index in [0.717, 1.165) is 19.0 Å². The van der Waals surface area contributed by atoms with Crippen molar-refractivity contribution in [3.8, 4) is 0 Å². The fraction of sp³-hybridized carbons (Fsp3) is 0.579. The molecule has 4 nitrogen and oxygen atoms in total. The molecule has 1 aromatic carbocycles. The van der Waals surface area contributed by atoms with Gasteiger partial charge < -0.3 is 14.8 Å². The van der Waals surface area contributed by atoms with Gasteiger partial charge in [-0.05, 0) is 57.1 Å². The highest BCUT2D eigenvalue weighted by Gasteiger charge is 2.23. The number of aromatic amines is 1. The second-order valence-corrected chi connectivity index (χ2v) is 7.25. The lowest BCUT2D eigenvalue weighted by molar-refractivity contribution is 0.156. The first-order chi connectivity index (χ1) is 11.3. The molecule has 0 radical (unpaired) electrons. The van der Waals surface area contributed by atoms with Gasteiger partial charge in [-0.3, -0.25) is 4.90 Å². The molecule has 0 spiro atoms. The number of hydrogen-bond donors (Lipinski definition) is 1. The van der Waals surface area contributed by atoms with Crippen molar-refractivity contribution in [2.45, 2.75) is 12.8 Å². The van der Waals surface area contributed by atoms with Crippen molar-refractivity contribution in [1.82, 2.24) is 14.8 Å². The Morgan fingerprint density at radius 3 is 2.57 bits per heavy atom. The maximum atomic E-state index is 3.32. The van der Waals surface area contributed by atoms with Crippen molar-refractivity contribution in [1.29, 1.82) is 0 Å². The molecule has 3 heterocycles. The number of rotatable bonds is 3. The van der Waals surface area contributed by atoms with Crippen LogP contribution < -0.4 is 4.90 Å². The van der Waals surface area contributed by atoms with Gasteiger partial charge in [-0.1, -0.05) is 6.07 Å². The lowest BCUT2D eigenvalue weighted by atomic mass is 9.96. The number of piperidine rings is 1. The predicted molar refractivity (Wildman–Crippen MR) is 97.2 cm³/mol. The number of nitrogens with zero attached hydrogens (tertiary/aromatic N) is 3. The average Bonchev–Trinajstić information content (AvgIpc) is 3.06. The third kappa shape index (κ3) is 3.24. The van der Waals surface area contributed by atoms with E-state index < -0.39 is 0 Å². The van der Waals surface area contributed by atoms with Gasteiger partial charge in [0.05, 0.1) is 0 Å². The highest BCUT2D eigenvalue weighted by atomic mass is 15.3. The third-order valence-electron chi connectivity index (χ3n) is 5.64. The highest BCUT2D eigenvalue weighted by Crippen LogP contribution is 2.27. The van der Waals surface area contributed by atoms with Crippen LogP contribution in [-0.4, -0.2) is 67.6 Å².